The van der Waals surface area contributed by atoms with Crippen LogP contribution in [0, 0.1) is 0 Å². The smallest absolute Gasteiger partial charge is 0.277 e. The molecule has 9 heteroatoms. The summed E-state index contributed by atoms with van der Waals surface area (Å²) in [5.74, 6) is 2.23. The number of hydrogen-bond donors (Lipinski definition) is 1. The number of hydrogen-bond acceptors (Lipinski definition) is 7. The number of amides is 1. The summed E-state index contributed by atoms with van der Waals surface area (Å²) in [4.78, 5) is 12.3. The molecule has 0 aliphatic rings. The van der Waals surface area contributed by atoms with Crippen LogP contribution in [0.1, 0.15) is 0 Å². The molecule has 1 aromatic heterocycles. The summed E-state index contributed by atoms with van der Waals surface area (Å²) in [7, 11) is 1.60. The van der Waals surface area contributed by atoms with E-state index >= 15 is 0 Å². The van der Waals surface area contributed by atoms with E-state index in [9.17, 15) is 4.79 Å². The maximum atomic E-state index is 12.3. The fourth-order valence-electron chi connectivity index (χ4n) is 2.70. The van der Waals surface area contributed by atoms with Gasteiger partial charge in [-0.2, -0.15) is 0 Å². The summed E-state index contributed by atoms with van der Waals surface area (Å²) in [6.07, 6.45) is 0. The number of rotatable bonds is 8. The molecule has 1 heterocycles. The van der Waals surface area contributed by atoms with E-state index in [1.165, 1.54) is 0 Å². The summed E-state index contributed by atoms with van der Waals surface area (Å²) in [6.45, 7) is 0. The summed E-state index contributed by atoms with van der Waals surface area (Å²) >= 11 is 7.26. The molecule has 162 valence electrons. The van der Waals surface area contributed by atoms with Gasteiger partial charge in [0.2, 0.25) is 11.8 Å². The number of benzene rings is 3. The van der Waals surface area contributed by atoms with E-state index in [1.54, 1.807) is 43.5 Å². The van der Waals surface area contributed by atoms with E-state index in [0.717, 1.165) is 23.1 Å². The fraction of sp³-hybridized carbons (Fsp3) is 0.0870. The number of carbonyl (C=O) groups is 1. The topological polar surface area (TPSA) is 86.5 Å². The standard InChI is InChI=1S/C23H18ClN3O4S/c1-29-17-10-6-15(7-11-17)22-26-27-23(31-22)32-14-21(28)25-16-8-12-18(13-9-16)30-20-5-3-2-4-19(20)24/h2-13H,14H2,1H3,(H,25,28). The van der Waals surface area contributed by atoms with E-state index in [4.69, 9.17) is 25.5 Å². The first-order valence-electron chi connectivity index (χ1n) is 9.54. The van der Waals surface area contributed by atoms with Crippen LogP contribution in [0.15, 0.2) is 82.4 Å². The molecule has 0 fully saturated rings. The van der Waals surface area contributed by atoms with Gasteiger partial charge >= 0.3 is 0 Å². The Bertz CT molecular complexity index is 1200. The van der Waals surface area contributed by atoms with E-state index in [1.807, 2.05) is 36.4 Å². The van der Waals surface area contributed by atoms with Gasteiger partial charge in [-0.05, 0) is 60.7 Å². The van der Waals surface area contributed by atoms with Gasteiger partial charge in [-0.3, -0.25) is 4.79 Å². The van der Waals surface area contributed by atoms with Gasteiger partial charge in [0.15, 0.2) is 0 Å². The summed E-state index contributed by atoms with van der Waals surface area (Å²) in [5, 5.41) is 11.7. The number of carbonyl (C=O) groups excluding carboxylic acids is 1. The van der Waals surface area contributed by atoms with Crippen LogP contribution in [0.3, 0.4) is 0 Å². The lowest BCUT2D eigenvalue weighted by molar-refractivity contribution is -0.113. The number of para-hydroxylation sites is 1. The first-order chi connectivity index (χ1) is 15.6. The number of thioether (sulfide) groups is 1. The molecular formula is C23H18ClN3O4S. The van der Waals surface area contributed by atoms with Crippen LogP contribution in [0.4, 0.5) is 5.69 Å². The summed E-state index contributed by atoms with van der Waals surface area (Å²) in [5.41, 5.74) is 1.42. The largest absolute Gasteiger partial charge is 0.497 e. The normalized spacial score (nSPS) is 10.6. The number of aromatic nitrogens is 2. The second-order valence-corrected chi connectivity index (χ2v) is 7.83. The molecule has 1 amide bonds. The van der Waals surface area contributed by atoms with Crippen molar-refractivity contribution in [1.82, 2.24) is 10.2 Å². The van der Waals surface area contributed by atoms with Crippen molar-refractivity contribution < 1.29 is 18.7 Å². The second kappa shape index (κ2) is 10.2. The van der Waals surface area contributed by atoms with Gasteiger partial charge in [0, 0.05) is 11.3 Å². The zero-order valence-electron chi connectivity index (χ0n) is 16.9. The number of ether oxygens (including phenoxy) is 2. The van der Waals surface area contributed by atoms with Crippen LogP contribution in [-0.2, 0) is 4.79 Å². The third-order valence-corrected chi connectivity index (χ3v) is 5.40. The molecule has 0 aliphatic heterocycles. The molecule has 0 radical (unpaired) electrons. The zero-order valence-corrected chi connectivity index (χ0v) is 18.5. The molecule has 0 bridgehead atoms. The Morgan fingerprint density at radius 3 is 2.44 bits per heavy atom. The molecule has 0 saturated heterocycles. The first-order valence-corrected chi connectivity index (χ1v) is 10.9. The van der Waals surface area contributed by atoms with Crippen molar-refractivity contribution >= 4 is 35.0 Å². The third-order valence-electron chi connectivity index (χ3n) is 4.27. The molecule has 0 saturated carbocycles. The Morgan fingerprint density at radius 1 is 1.00 bits per heavy atom. The monoisotopic (exact) mass is 467 g/mol. The molecule has 4 rings (SSSR count). The molecule has 4 aromatic rings. The lowest BCUT2D eigenvalue weighted by atomic mass is 10.2. The van der Waals surface area contributed by atoms with Gasteiger partial charge in [-0.1, -0.05) is 35.5 Å². The van der Waals surface area contributed by atoms with Crippen molar-refractivity contribution in [2.75, 3.05) is 18.2 Å². The highest BCUT2D eigenvalue weighted by Gasteiger charge is 2.12. The van der Waals surface area contributed by atoms with Crippen molar-refractivity contribution in [1.29, 1.82) is 0 Å². The average Bonchev–Trinajstić information content (AvgIpc) is 3.30. The van der Waals surface area contributed by atoms with Gasteiger partial charge in [-0.15, -0.1) is 10.2 Å². The van der Waals surface area contributed by atoms with Crippen LogP contribution < -0.4 is 14.8 Å². The van der Waals surface area contributed by atoms with Crippen LogP contribution >= 0.6 is 23.4 Å². The number of halogens is 1. The van der Waals surface area contributed by atoms with Gasteiger partial charge in [-0.25, -0.2) is 0 Å². The van der Waals surface area contributed by atoms with Crippen molar-refractivity contribution in [2.45, 2.75) is 5.22 Å². The lowest BCUT2D eigenvalue weighted by Crippen LogP contribution is -2.13. The number of nitrogens with zero attached hydrogens (tertiary/aromatic N) is 2. The quantitative estimate of drug-likeness (QED) is 0.322. The second-order valence-electron chi connectivity index (χ2n) is 6.50. The Labute approximate surface area is 193 Å². The molecule has 1 N–H and O–H groups in total. The zero-order chi connectivity index (χ0) is 22.3. The van der Waals surface area contributed by atoms with Gasteiger partial charge < -0.3 is 19.2 Å². The van der Waals surface area contributed by atoms with Crippen LogP contribution in [-0.4, -0.2) is 29.0 Å². The minimum atomic E-state index is -0.195. The van der Waals surface area contributed by atoms with Crippen LogP contribution in [0.2, 0.25) is 5.02 Å². The van der Waals surface area contributed by atoms with Gasteiger partial charge in [0.05, 0.1) is 17.9 Å². The fourth-order valence-corrected chi connectivity index (χ4v) is 3.44. The molecule has 32 heavy (non-hydrogen) atoms. The van der Waals surface area contributed by atoms with Crippen molar-refractivity contribution in [3.05, 3.63) is 77.8 Å². The minimum absolute atomic E-state index is 0.127. The number of anilines is 1. The van der Waals surface area contributed by atoms with Crippen LogP contribution in [0.25, 0.3) is 11.5 Å². The highest BCUT2D eigenvalue weighted by atomic mass is 35.5. The minimum Gasteiger partial charge on any atom is -0.497 e. The number of nitrogens with one attached hydrogen (secondary N) is 1. The molecule has 7 nitrogen and oxygen atoms in total. The van der Waals surface area contributed by atoms with Crippen molar-refractivity contribution in [3.63, 3.8) is 0 Å². The molecule has 0 unspecified atom stereocenters. The maximum Gasteiger partial charge on any atom is 0.277 e. The van der Waals surface area contributed by atoms with E-state index in [0.29, 0.717) is 33.3 Å². The molecule has 0 aliphatic carbocycles. The highest BCUT2D eigenvalue weighted by molar-refractivity contribution is 7.99. The first kappa shape index (κ1) is 21.7. The lowest BCUT2D eigenvalue weighted by Gasteiger charge is -2.09. The van der Waals surface area contributed by atoms with Gasteiger partial charge in [0.1, 0.15) is 17.2 Å². The Balaban J connectivity index is 1.28. The Hall–Kier alpha value is -3.49. The summed E-state index contributed by atoms with van der Waals surface area (Å²) < 4.78 is 16.5. The molecular weight excluding hydrogens is 450 g/mol. The third kappa shape index (κ3) is 5.60. The van der Waals surface area contributed by atoms with Crippen LogP contribution in [0.5, 0.6) is 17.2 Å². The molecule has 0 atom stereocenters. The van der Waals surface area contributed by atoms with Gasteiger partial charge in [0.25, 0.3) is 5.22 Å². The molecule has 0 spiro atoms. The van der Waals surface area contributed by atoms with E-state index in [-0.39, 0.29) is 11.7 Å². The highest BCUT2D eigenvalue weighted by Crippen LogP contribution is 2.29. The predicted octanol–water partition coefficient (Wildman–Crippen LogP) is 5.92. The molecule has 3 aromatic carbocycles. The SMILES string of the molecule is COc1ccc(-c2nnc(SCC(=O)Nc3ccc(Oc4ccccc4Cl)cc3)o2)cc1. The maximum absolute atomic E-state index is 12.3. The van der Waals surface area contributed by atoms with Crippen molar-refractivity contribution in [3.8, 4) is 28.7 Å². The Kier molecular flexibility index (Phi) is 6.94. The Morgan fingerprint density at radius 2 is 1.72 bits per heavy atom. The number of methoxy groups -OCH3 is 1. The van der Waals surface area contributed by atoms with E-state index in [2.05, 4.69) is 15.5 Å². The summed E-state index contributed by atoms with van der Waals surface area (Å²) in [6, 6.07) is 21.5. The van der Waals surface area contributed by atoms with Crippen molar-refractivity contribution in [2.24, 2.45) is 0 Å². The predicted molar refractivity (Wildman–Crippen MR) is 124 cm³/mol. The van der Waals surface area contributed by atoms with E-state index < -0.39 is 0 Å². The average molecular weight is 468 g/mol.